The molecular weight excluding hydrogens is 412 g/mol. The zero-order valence-corrected chi connectivity index (χ0v) is 20.1. The summed E-state index contributed by atoms with van der Waals surface area (Å²) in [6.07, 6.45) is 2.04. The highest BCUT2D eigenvalue weighted by atomic mass is 16.5. The number of ether oxygens (including phenoxy) is 1. The summed E-state index contributed by atoms with van der Waals surface area (Å²) < 4.78 is 7.95. The first-order chi connectivity index (χ1) is 15.7. The van der Waals surface area contributed by atoms with E-state index in [1.807, 2.05) is 0 Å². The monoisotopic (exact) mass is 444 g/mol. The predicted molar refractivity (Wildman–Crippen MR) is 132 cm³/mol. The summed E-state index contributed by atoms with van der Waals surface area (Å²) in [5.41, 5.74) is 3.97. The molecule has 0 spiro atoms. The van der Waals surface area contributed by atoms with Crippen molar-refractivity contribution in [3.05, 3.63) is 64.1 Å². The van der Waals surface area contributed by atoms with Crippen molar-refractivity contribution in [3.8, 4) is 11.8 Å². The Morgan fingerprint density at radius 2 is 1.94 bits per heavy atom. The van der Waals surface area contributed by atoms with Gasteiger partial charge in [0.15, 0.2) is 0 Å². The predicted octanol–water partition coefficient (Wildman–Crippen LogP) is 4.79. The van der Waals surface area contributed by atoms with Crippen LogP contribution in [0.5, 0.6) is 5.75 Å². The van der Waals surface area contributed by atoms with Gasteiger partial charge in [0.05, 0.1) is 11.2 Å². The molecule has 0 saturated carbocycles. The molecule has 6 heteroatoms. The summed E-state index contributed by atoms with van der Waals surface area (Å²) in [5.74, 6) is 1.17. The second kappa shape index (κ2) is 8.90. The number of aryl methyl sites for hydroxylation is 1. The Bertz CT molecular complexity index is 1250. The lowest BCUT2D eigenvalue weighted by Crippen LogP contribution is -2.45. The Hall–Kier alpha value is -3.33. The number of piperidine rings is 1. The van der Waals surface area contributed by atoms with E-state index in [2.05, 4.69) is 67.9 Å². The van der Waals surface area contributed by atoms with Gasteiger partial charge in [-0.15, -0.1) is 0 Å². The fraction of sp³-hybridized carbons (Fsp3) is 0.444. The molecule has 0 radical (unpaired) electrons. The molecule has 4 rings (SSSR count). The SMILES string of the molecule is CCC(C)(C)c1ccc(O[C@@H]2CCN(c3cc(=O)n(C)c4ccc(C#N)nc34)C[C@@H]2C)cc1. The van der Waals surface area contributed by atoms with E-state index in [1.165, 1.54) is 5.56 Å². The van der Waals surface area contributed by atoms with Crippen LogP contribution in [0.2, 0.25) is 0 Å². The molecule has 33 heavy (non-hydrogen) atoms. The van der Waals surface area contributed by atoms with Crippen LogP contribution in [-0.2, 0) is 12.5 Å². The van der Waals surface area contributed by atoms with Crippen molar-refractivity contribution in [1.82, 2.24) is 9.55 Å². The van der Waals surface area contributed by atoms with Gasteiger partial charge >= 0.3 is 0 Å². The van der Waals surface area contributed by atoms with Crippen molar-refractivity contribution < 1.29 is 4.74 Å². The minimum absolute atomic E-state index is 0.0786. The summed E-state index contributed by atoms with van der Waals surface area (Å²) >= 11 is 0. The second-order valence-corrected chi connectivity index (χ2v) is 9.73. The van der Waals surface area contributed by atoms with Crippen LogP contribution in [0.15, 0.2) is 47.3 Å². The quantitative estimate of drug-likeness (QED) is 0.566. The van der Waals surface area contributed by atoms with Crippen LogP contribution in [0.1, 0.15) is 51.8 Å². The first kappa shape index (κ1) is 22.8. The van der Waals surface area contributed by atoms with Gasteiger partial charge in [0.25, 0.3) is 5.56 Å². The third-order valence-electron chi connectivity index (χ3n) is 7.16. The average molecular weight is 445 g/mol. The number of hydrogen-bond acceptors (Lipinski definition) is 5. The van der Waals surface area contributed by atoms with Gasteiger partial charge in [-0.25, -0.2) is 4.98 Å². The summed E-state index contributed by atoms with van der Waals surface area (Å²) in [6.45, 7) is 10.4. The van der Waals surface area contributed by atoms with Crippen LogP contribution in [0.25, 0.3) is 11.0 Å². The maximum absolute atomic E-state index is 12.6. The summed E-state index contributed by atoms with van der Waals surface area (Å²) in [4.78, 5) is 19.3. The Morgan fingerprint density at radius 3 is 2.58 bits per heavy atom. The van der Waals surface area contributed by atoms with Gasteiger partial charge in [0.1, 0.15) is 29.1 Å². The average Bonchev–Trinajstić information content (AvgIpc) is 2.82. The Morgan fingerprint density at radius 1 is 1.21 bits per heavy atom. The van der Waals surface area contributed by atoms with E-state index in [1.54, 1.807) is 29.8 Å². The molecule has 6 nitrogen and oxygen atoms in total. The molecule has 1 saturated heterocycles. The van der Waals surface area contributed by atoms with Crippen molar-refractivity contribution in [2.75, 3.05) is 18.0 Å². The number of aromatic nitrogens is 2. The van der Waals surface area contributed by atoms with Crippen molar-refractivity contribution >= 4 is 16.7 Å². The first-order valence-corrected chi connectivity index (χ1v) is 11.7. The first-order valence-electron chi connectivity index (χ1n) is 11.7. The highest BCUT2D eigenvalue weighted by Crippen LogP contribution is 2.32. The molecular formula is C27H32N4O2. The summed E-state index contributed by atoms with van der Waals surface area (Å²) in [7, 11) is 1.73. The Kier molecular flexibility index (Phi) is 6.16. The van der Waals surface area contributed by atoms with Crippen molar-refractivity contribution in [2.45, 2.75) is 52.1 Å². The van der Waals surface area contributed by atoms with Gasteiger partial charge in [-0.2, -0.15) is 5.26 Å². The standard InChI is InChI=1S/C27H32N4O2/c1-6-27(3,4)19-7-10-21(11-8-19)33-24-13-14-31(17-18(24)2)23-15-25(32)30(5)22-12-9-20(16-28)29-26(22)23/h7-12,15,18,24H,6,13-14,17H2,1-5H3/t18-,24+/m0/s1. The van der Waals surface area contributed by atoms with Crippen molar-refractivity contribution in [2.24, 2.45) is 13.0 Å². The number of nitrogens with zero attached hydrogens (tertiary/aromatic N) is 4. The number of hydrogen-bond donors (Lipinski definition) is 0. The number of anilines is 1. The number of nitriles is 1. The minimum atomic E-state index is -0.0786. The molecule has 1 aromatic carbocycles. The maximum Gasteiger partial charge on any atom is 0.252 e. The van der Waals surface area contributed by atoms with E-state index >= 15 is 0 Å². The van der Waals surface area contributed by atoms with E-state index in [0.717, 1.165) is 42.9 Å². The Balaban J connectivity index is 1.53. The minimum Gasteiger partial charge on any atom is -0.490 e. The molecule has 0 aliphatic carbocycles. The largest absolute Gasteiger partial charge is 0.490 e. The fourth-order valence-electron chi connectivity index (χ4n) is 4.50. The molecule has 172 valence electrons. The van der Waals surface area contributed by atoms with E-state index in [0.29, 0.717) is 11.2 Å². The van der Waals surface area contributed by atoms with Gasteiger partial charge < -0.3 is 14.2 Å². The number of pyridine rings is 2. The molecule has 3 heterocycles. The third-order valence-corrected chi connectivity index (χ3v) is 7.16. The number of fused-ring (bicyclic) bond motifs is 1. The fourth-order valence-corrected chi connectivity index (χ4v) is 4.50. The molecule has 0 unspecified atom stereocenters. The molecule has 2 atom stereocenters. The van der Waals surface area contributed by atoms with Crippen molar-refractivity contribution in [3.63, 3.8) is 0 Å². The van der Waals surface area contributed by atoms with Crippen LogP contribution >= 0.6 is 0 Å². The molecule has 2 aromatic heterocycles. The molecule has 1 aliphatic heterocycles. The smallest absolute Gasteiger partial charge is 0.252 e. The highest BCUT2D eigenvalue weighted by molar-refractivity contribution is 5.88. The van der Waals surface area contributed by atoms with Crippen LogP contribution in [0.3, 0.4) is 0 Å². The molecule has 0 bridgehead atoms. The molecule has 1 fully saturated rings. The van der Waals surface area contributed by atoms with E-state index < -0.39 is 0 Å². The summed E-state index contributed by atoms with van der Waals surface area (Å²) in [6, 6.07) is 15.7. The van der Waals surface area contributed by atoms with Gasteiger partial charge in [0.2, 0.25) is 0 Å². The topological polar surface area (TPSA) is 71.2 Å². The lowest BCUT2D eigenvalue weighted by Gasteiger charge is -2.38. The van der Waals surface area contributed by atoms with Gasteiger partial charge in [0, 0.05) is 38.5 Å². The van der Waals surface area contributed by atoms with Gasteiger partial charge in [-0.3, -0.25) is 4.79 Å². The van der Waals surface area contributed by atoms with Gasteiger partial charge in [-0.05, 0) is 41.7 Å². The highest BCUT2D eigenvalue weighted by Gasteiger charge is 2.29. The molecule has 3 aromatic rings. The summed E-state index contributed by atoms with van der Waals surface area (Å²) in [5, 5.41) is 9.30. The maximum atomic E-state index is 12.6. The van der Waals surface area contributed by atoms with Crippen LogP contribution in [-0.4, -0.2) is 28.7 Å². The molecule has 1 aliphatic rings. The van der Waals surface area contributed by atoms with E-state index in [-0.39, 0.29) is 23.0 Å². The zero-order valence-electron chi connectivity index (χ0n) is 20.1. The lowest BCUT2D eigenvalue weighted by molar-refractivity contribution is 0.121. The lowest BCUT2D eigenvalue weighted by atomic mass is 9.82. The molecule has 0 N–H and O–H groups in total. The molecule has 0 amide bonds. The van der Waals surface area contributed by atoms with Crippen LogP contribution < -0.4 is 15.2 Å². The van der Waals surface area contributed by atoms with Crippen LogP contribution in [0.4, 0.5) is 5.69 Å². The zero-order chi connectivity index (χ0) is 23.8. The van der Waals surface area contributed by atoms with Crippen LogP contribution in [0, 0.1) is 17.2 Å². The number of rotatable bonds is 5. The number of benzene rings is 1. The van der Waals surface area contributed by atoms with E-state index in [9.17, 15) is 10.1 Å². The van der Waals surface area contributed by atoms with Gasteiger partial charge in [-0.1, -0.05) is 39.8 Å². The van der Waals surface area contributed by atoms with E-state index in [4.69, 9.17) is 4.74 Å². The Labute approximate surface area is 195 Å². The second-order valence-electron chi connectivity index (χ2n) is 9.73. The normalized spacial score (nSPS) is 18.8. The third kappa shape index (κ3) is 4.45. The van der Waals surface area contributed by atoms with Crippen molar-refractivity contribution in [1.29, 1.82) is 5.26 Å².